The molecule has 0 bridgehead atoms. The van der Waals surface area contributed by atoms with Crippen LogP contribution in [-0.4, -0.2) is 40.8 Å². The predicted molar refractivity (Wildman–Crippen MR) is 141 cm³/mol. The Kier molecular flexibility index (Phi) is 7.88. The first-order valence-electron chi connectivity index (χ1n) is 14.6. The van der Waals surface area contributed by atoms with E-state index in [0.29, 0.717) is 42.9 Å². The molecule has 0 radical (unpaired) electrons. The average Bonchev–Trinajstić information content (AvgIpc) is 3.14. The second kappa shape index (κ2) is 10.2. The number of rotatable bonds is 7. The summed E-state index contributed by atoms with van der Waals surface area (Å²) >= 11 is 0. The molecule has 7 heteroatoms. The van der Waals surface area contributed by atoms with E-state index in [1.807, 2.05) is 0 Å². The van der Waals surface area contributed by atoms with E-state index in [9.17, 15) is 23.5 Å². The second-order valence-corrected chi connectivity index (χ2v) is 13.9. The second-order valence-electron chi connectivity index (χ2n) is 13.9. The molecule has 4 aliphatic rings. The molecule has 0 aliphatic heterocycles. The summed E-state index contributed by atoms with van der Waals surface area (Å²) in [5.41, 5.74) is -0.951. The number of carbonyl (C=O) groups excluding carboxylic acids is 2. The lowest BCUT2D eigenvalue weighted by molar-refractivity contribution is -0.173. The third-order valence-electron chi connectivity index (χ3n) is 11.3. The molecule has 4 aliphatic carbocycles. The van der Waals surface area contributed by atoms with Crippen LogP contribution in [-0.2, 0) is 19.1 Å². The number of allylic oxidation sites excluding steroid dienone is 1. The lowest BCUT2D eigenvalue weighted by Crippen LogP contribution is -2.57. The number of esters is 2. The summed E-state index contributed by atoms with van der Waals surface area (Å²) < 4.78 is 40.6. The van der Waals surface area contributed by atoms with Crippen molar-refractivity contribution in [1.29, 1.82) is 0 Å². The minimum Gasteiger partial charge on any atom is -0.462 e. The molecular weight excluding hydrogens is 490 g/mol. The summed E-state index contributed by atoms with van der Waals surface area (Å²) in [6.07, 6.45) is 8.22. The van der Waals surface area contributed by atoms with Gasteiger partial charge in [-0.1, -0.05) is 32.4 Å². The number of aliphatic hydroxyl groups is 1. The van der Waals surface area contributed by atoms with Crippen molar-refractivity contribution in [3.8, 4) is 0 Å². The molecule has 0 aromatic carbocycles. The van der Waals surface area contributed by atoms with E-state index in [1.54, 1.807) is 0 Å². The number of hydrogen-bond donors (Lipinski definition) is 1. The predicted octanol–water partition coefficient (Wildman–Crippen LogP) is 6.86. The summed E-state index contributed by atoms with van der Waals surface area (Å²) in [5, 5.41) is 9.93. The largest absolute Gasteiger partial charge is 0.462 e. The van der Waals surface area contributed by atoms with Gasteiger partial charge >= 0.3 is 11.9 Å². The van der Waals surface area contributed by atoms with Gasteiger partial charge in [0.05, 0.1) is 0 Å². The highest BCUT2D eigenvalue weighted by Gasteiger charge is 2.62. The Morgan fingerprint density at radius 2 is 1.76 bits per heavy atom. The zero-order valence-electron chi connectivity index (χ0n) is 24.3. The van der Waals surface area contributed by atoms with Crippen LogP contribution < -0.4 is 0 Å². The molecule has 0 spiro atoms. The molecule has 38 heavy (non-hydrogen) atoms. The van der Waals surface area contributed by atoms with Crippen LogP contribution in [0.3, 0.4) is 0 Å². The van der Waals surface area contributed by atoms with Crippen LogP contribution in [0.5, 0.6) is 0 Å². The van der Waals surface area contributed by atoms with E-state index in [4.69, 9.17) is 9.47 Å². The van der Waals surface area contributed by atoms with Crippen molar-refractivity contribution in [1.82, 2.24) is 0 Å². The average molecular weight is 539 g/mol. The van der Waals surface area contributed by atoms with Crippen molar-refractivity contribution in [3.05, 3.63) is 11.6 Å². The molecule has 216 valence electrons. The van der Waals surface area contributed by atoms with Crippen LogP contribution >= 0.6 is 0 Å². The summed E-state index contributed by atoms with van der Waals surface area (Å²) in [4.78, 5) is 23.8. The summed E-state index contributed by atoms with van der Waals surface area (Å²) in [6, 6.07) is 0. The van der Waals surface area contributed by atoms with Crippen molar-refractivity contribution >= 4 is 11.9 Å². The van der Waals surface area contributed by atoms with Gasteiger partial charge < -0.3 is 14.6 Å². The molecule has 0 amide bonds. The number of halogens is 2. The van der Waals surface area contributed by atoms with Crippen LogP contribution in [0.25, 0.3) is 0 Å². The lowest BCUT2D eigenvalue weighted by atomic mass is 9.46. The highest BCUT2D eigenvalue weighted by atomic mass is 19.3. The fourth-order valence-electron chi connectivity index (χ4n) is 9.24. The molecule has 0 heterocycles. The number of ether oxygens (including phenoxy) is 2. The van der Waals surface area contributed by atoms with Gasteiger partial charge in [0, 0.05) is 38.5 Å². The molecule has 1 N–H and O–H groups in total. The van der Waals surface area contributed by atoms with Crippen molar-refractivity contribution < 1.29 is 33.0 Å². The van der Waals surface area contributed by atoms with Gasteiger partial charge in [0.1, 0.15) is 17.8 Å². The zero-order valence-corrected chi connectivity index (χ0v) is 24.3. The molecule has 3 fully saturated rings. The number of fused-ring (bicyclic) bond motifs is 5. The Balaban J connectivity index is 1.55. The first-order chi connectivity index (χ1) is 17.5. The highest BCUT2D eigenvalue weighted by molar-refractivity contribution is 5.67. The standard InChI is InChI=1S/C31H48F2O5/c1-18(12-15-31(32,33)28(4,5)36)24-10-11-25-23-9-8-21-16-22(37-19(2)34)17-27(38-20(3)35)30(21,7)26(23)13-14-29(24,25)6/h8,18,22-27,36H,9-17H2,1-7H3/t18-,22-,23+,24-,25+,26+,27+,29-,30+/m1/s1. The Morgan fingerprint density at radius 1 is 1.11 bits per heavy atom. The monoisotopic (exact) mass is 538 g/mol. The first-order valence-corrected chi connectivity index (χ1v) is 14.6. The van der Waals surface area contributed by atoms with E-state index in [0.717, 1.165) is 32.1 Å². The van der Waals surface area contributed by atoms with Gasteiger partial charge in [-0.25, -0.2) is 8.78 Å². The van der Waals surface area contributed by atoms with Crippen molar-refractivity contribution in [2.45, 2.75) is 130 Å². The van der Waals surface area contributed by atoms with E-state index >= 15 is 0 Å². The van der Waals surface area contributed by atoms with E-state index in [-0.39, 0.29) is 47.3 Å². The van der Waals surface area contributed by atoms with Crippen molar-refractivity contribution in [2.75, 3.05) is 0 Å². The molecule has 4 rings (SSSR count). The molecular formula is C31H48F2O5. The Labute approximate surface area is 227 Å². The maximum absolute atomic E-state index is 14.5. The Morgan fingerprint density at radius 3 is 2.37 bits per heavy atom. The van der Waals surface area contributed by atoms with Crippen LogP contribution in [0.4, 0.5) is 8.78 Å². The van der Waals surface area contributed by atoms with Gasteiger partial charge in [-0.3, -0.25) is 9.59 Å². The quantitative estimate of drug-likeness (QED) is 0.283. The van der Waals surface area contributed by atoms with Crippen LogP contribution in [0.15, 0.2) is 11.6 Å². The van der Waals surface area contributed by atoms with Gasteiger partial charge in [-0.05, 0) is 87.4 Å². The molecule has 0 unspecified atom stereocenters. The number of alkyl halides is 2. The highest BCUT2D eigenvalue weighted by Crippen LogP contribution is 2.67. The van der Waals surface area contributed by atoms with E-state index < -0.39 is 11.5 Å². The van der Waals surface area contributed by atoms with Crippen LogP contribution in [0, 0.1) is 40.4 Å². The first kappa shape index (κ1) is 29.5. The van der Waals surface area contributed by atoms with Crippen molar-refractivity contribution in [3.63, 3.8) is 0 Å². The molecule has 0 aromatic heterocycles. The summed E-state index contributed by atoms with van der Waals surface area (Å²) in [7, 11) is 0. The normalized spacial score (nSPS) is 39.8. The smallest absolute Gasteiger partial charge is 0.302 e. The maximum atomic E-state index is 14.5. The van der Waals surface area contributed by atoms with Gasteiger partial charge in [-0.2, -0.15) is 0 Å². The molecule has 9 atom stereocenters. The van der Waals surface area contributed by atoms with Gasteiger partial charge in [0.2, 0.25) is 0 Å². The van der Waals surface area contributed by atoms with Crippen molar-refractivity contribution in [2.24, 2.45) is 40.4 Å². The third kappa shape index (κ3) is 5.06. The molecule has 3 saturated carbocycles. The molecule has 0 aromatic rings. The topological polar surface area (TPSA) is 72.8 Å². The maximum Gasteiger partial charge on any atom is 0.302 e. The zero-order chi connectivity index (χ0) is 28.3. The van der Waals surface area contributed by atoms with E-state index in [2.05, 4.69) is 26.8 Å². The number of hydrogen-bond acceptors (Lipinski definition) is 5. The van der Waals surface area contributed by atoms with Gasteiger partial charge in [0.25, 0.3) is 5.92 Å². The Bertz CT molecular complexity index is 954. The molecule has 5 nitrogen and oxygen atoms in total. The lowest BCUT2D eigenvalue weighted by Gasteiger charge is -2.60. The fourth-order valence-corrected chi connectivity index (χ4v) is 9.24. The molecule has 0 saturated heterocycles. The SMILES string of the molecule is CC(=O)O[C@@H]1CC2=CC[C@H]3[C@@H]4CC[C@H]([C@H](C)CCC(F)(F)C(C)(C)O)[C@@]4(C)CC[C@@H]3[C@@]2(C)[C@@H](OC(C)=O)C1. The van der Waals surface area contributed by atoms with Crippen LogP contribution in [0.1, 0.15) is 106 Å². The third-order valence-corrected chi connectivity index (χ3v) is 11.3. The van der Waals surface area contributed by atoms with E-state index in [1.165, 1.54) is 33.3 Å². The summed E-state index contributed by atoms with van der Waals surface area (Å²) in [5.74, 6) is -1.84. The number of carbonyl (C=O) groups is 2. The minimum absolute atomic E-state index is 0.0954. The fraction of sp³-hybridized carbons (Fsp3) is 0.871. The van der Waals surface area contributed by atoms with Gasteiger partial charge in [-0.15, -0.1) is 0 Å². The van der Waals surface area contributed by atoms with Gasteiger partial charge in [0.15, 0.2) is 0 Å². The Hall–Kier alpha value is -1.50. The minimum atomic E-state index is -3.10. The summed E-state index contributed by atoms with van der Waals surface area (Å²) in [6.45, 7) is 12.0. The van der Waals surface area contributed by atoms with Crippen LogP contribution in [0.2, 0.25) is 0 Å².